The summed E-state index contributed by atoms with van der Waals surface area (Å²) in [5.74, 6) is 1.15. The van der Waals surface area contributed by atoms with Gasteiger partial charge in [-0.1, -0.05) is 20.8 Å². The molecule has 0 aromatic heterocycles. The molecule has 12 heavy (non-hydrogen) atoms. The minimum atomic E-state index is 0.151. The normalized spacial score (nSPS) is 29.9. The van der Waals surface area contributed by atoms with Gasteiger partial charge in [-0.3, -0.25) is 4.79 Å². The number of nitrogens with zero attached hydrogens (tertiary/aromatic N) is 1. The van der Waals surface area contributed by atoms with Gasteiger partial charge in [-0.05, 0) is 19.3 Å². The molecule has 0 aromatic carbocycles. The second-order valence-electron chi connectivity index (χ2n) is 4.34. The molecule has 1 saturated heterocycles. The van der Waals surface area contributed by atoms with Gasteiger partial charge in [-0.15, -0.1) is 0 Å². The molecule has 1 aliphatic heterocycles. The topological polar surface area (TPSA) is 20.3 Å². The van der Waals surface area contributed by atoms with Gasteiger partial charge in [0.05, 0.1) is 0 Å². The molecule has 1 fully saturated rings. The quantitative estimate of drug-likeness (QED) is 0.587. The number of likely N-dealkylation sites (tertiary alicyclic amines) is 1. The van der Waals surface area contributed by atoms with E-state index in [9.17, 15) is 4.79 Å². The average molecular weight is 169 g/mol. The Balaban J connectivity index is 2.58. The van der Waals surface area contributed by atoms with Gasteiger partial charge in [0.1, 0.15) is 0 Å². The Morgan fingerprint density at radius 3 is 2.33 bits per heavy atom. The highest BCUT2D eigenvalue weighted by molar-refractivity contribution is 5.78. The van der Waals surface area contributed by atoms with E-state index in [1.807, 2.05) is 18.7 Å². The van der Waals surface area contributed by atoms with Crippen molar-refractivity contribution in [2.75, 3.05) is 6.54 Å². The Bertz CT molecular complexity index is 177. The van der Waals surface area contributed by atoms with Crippen molar-refractivity contribution < 1.29 is 4.79 Å². The summed E-state index contributed by atoms with van der Waals surface area (Å²) in [5, 5.41) is 0. The molecule has 2 nitrogen and oxygen atoms in total. The van der Waals surface area contributed by atoms with Crippen molar-refractivity contribution in [2.24, 2.45) is 11.8 Å². The lowest BCUT2D eigenvalue weighted by Crippen LogP contribution is -2.36. The monoisotopic (exact) mass is 169 g/mol. The molecule has 0 aromatic rings. The van der Waals surface area contributed by atoms with Gasteiger partial charge in [0, 0.05) is 18.5 Å². The van der Waals surface area contributed by atoms with E-state index in [-0.39, 0.29) is 5.92 Å². The highest BCUT2D eigenvalue weighted by atomic mass is 16.2. The predicted molar refractivity (Wildman–Crippen MR) is 49.8 cm³/mol. The molecule has 2 atom stereocenters. The molecular formula is C10H19NO. The van der Waals surface area contributed by atoms with E-state index in [4.69, 9.17) is 0 Å². The predicted octanol–water partition coefficient (Wildman–Crippen LogP) is 1.90. The standard InChI is InChI=1S/C10H19NO/c1-7(2)10(12)11-6-8(3)5-9(11)4/h7-9H,5-6H2,1-4H3/t8-,9-/m1/s1. The number of carbonyl (C=O) groups is 1. The number of hydrogen-bond acceptors (Lipinski definition) is 1. The highest BCUT2D eigenvalue weighted by Crippen LogP contribution is 2.23. The fraction of sp³-hybridized carbons (Fsp3) is 0.900. The van der Waals surface area contributed by atoms with E-state index in [1.54, 1.807) is 0 Å². The Hall–Kier alpha value is -0.530. The van der Waals surface area contributed by atoms with Gasteiger partial charge in [-0.25, -0.2) is 0 Å². The molecule has 1 rings (SSSR count). The first-order valence-electron chi connectivity index (χ1n) is 4.82. The lowest BCUT2D eigenvalue weighted by molar-refractivity contribution is -0.135. The van der Waals surface area contributed by atoms with Crippen molar-refractivity contribution >= 4 is 5.91 Å². The van der Waals surface area contributed by atoms with Crippen LogP contribution in [0, 0.1) is 11.8 Å². The number of rotatable bonds is 1. The van der Waals surface area contributed by atoms with Crippen LogP contribution in [0.2, 0.25) is 0 Å². The fourth-order valence-electron chi connectivity index (χ4n) is 1.94. The minimum absolute atomic E-state index is 0.151. The maximum Gasteiger partial charge on any atom is 0.225 e. The Kier molecular flexibility index (Phi) is 2.76. The summed E-state index contributed by atoms with van der Waals surface area (Å²) in [6.45, 7) is 9.25. The summed E-state index contributed by atoms with van der Waals surface area (Å²) < 4.78 is 0. The SMILES string of the molecule is CC(C)C(=O)N1C[C@H](C)C[C@H]1C. The van der Waals surface area contributed by atoms with Crippen LogP contribution in [0.25, 0.3) is 0 Å². The van der Waals surface area contributed by atoms with Gasteiger partial charge in [0.15, 0.2) is 0 Å². The number of amides is 1. The van der Waals surface area contributed by atoms with Gasteiger partial charge < -0.3 is 4.90 Å². The van der Waals surface area contributed by atoms with Gasteiger partial charge >= 0.3 is 0 Å². The maximum atomic E-state index is 11.6. The first kappa shape index (κ1) is 9.56. The molecular weight excluding hydrogens is 150 g/mol. The van der Waals surface area contributed by atoms with Crippen molar-refractivity contribution in [2.45, 2.75) is 40.2 Å². The van der Waals surface area contributed by atoms with Crippen LogP contribution in [-0.4, -0.2) is 23.4 Å². The second-order valence-corrected chi connectivity index (χ2v) is 4.34. The minimum Gasteiger partial charge on any atom is -0.339 e. The molecule has 0 unspecified atom stereocenters. The summed E-state index contributed by atoms with van der Waals surface area (Å²) in [4.78, 5) is 13.7. The van der Waals surface area contributed by atoms with Crippen LogP contribution in [0.15, 0.2) is 0 Å². The van der Waals surface area contributed by atoms with Gasteiger partial charge in [-0.2, -0.15) is 0 Å². The second kappa shape index (κ2) is 3.46. The van der Waals surface area contributed by atoms with Crippen LogP contribution in [0.3, 0.4) is 0 Å². The first-order valence-corrected chi connectivity index (χ1v) is 4.82. The Labute approximate surface area is 74.9 Å². The van der Waals surface area contributed by atoms with Crippen LogP contribution in [0.4, 0.5) is 0 Å². The molecule has 1 aliphatic rings. The summed E-state index contributed by atoms with van der Waals surface area (Å²) >= 11 is 0. The number of carbonyl (C=O) groups excluding carboxylic acids is 1. The molecule has 0 aliphatic carbocycles. The summed E-state index contributed by atoms with van der Waals surface area (Å²) in [5.41, 5.74) is 0. The van der Waals surface area contributed by atoms with E-state index in [1.165, 1.54) is 6.42 Å². The fourth-order valence-corrected chi connectivity index (χ4v) is 1.94. The smallest absolute Gasteiger partial charge is 0.225 e. The molecule has 0 saturated carbocycles. The summed E-state index contributed by atoms with van der Waals surface area (Å²) in [6.07, 6.45) is 1.17. The third kappa shape index (κ3) is 1.79. The zero-order valence-electron chi connectivity index (χ0n) is 8.50. The molecule has 2 heteroatoms. The molecule has 0 N–H and O–H groups in total. The van der Waals surface area contributed by atoms with Crippen molar-refractivity contribution in [3.63, 3.8) is 0 Å². The van der Waals surface area contributed by atoms with Crippen LogP contribution >= 0.6 is 0 Å². The van der Waals surface area contributed by atoms with Crippen molar-refractivity contribution in [3.05, 3.63) is 0 Å². The van der Waals surface area contributed by atoms with Gasteiger partial charge in [0.25, 0.3) is 0 Å². The molecule has 0 bridgehead atoms. The van der Waals surface area contributed by atoms with E-state index in [0.717, 1.165) is 6.54 Å². The Morgan fingerprint density at radius 2 is 2.00 bits per heavy atom. The van der Waals surface area contributed by atoms with Crippen LogP contribution in [0.5, 0.6) is 0 Å². The molecule has 1 amide bonds. The average Bonchev–Trinajstić information content (AvgIpc) is 2.28. The van der Waals surface area contributed by atoms with Crippen LogP contribution < -0.4 is 0 Å². The van der Waals surface area contributed by atoms with Gasteiger partial charge in [0.2, 0.25) is 5.91 Å². The maximum absolute atomic E-state index is 11.6. The van der Waals surface area contributed by atoms with Crippen LogP contribution in [-0.2, 0) is 4.79 Å². The van der Waals surface area contributed by atoms with Crippen molar-refractivity contribution in [1.82, 2.24) is 4.90 Å². The largest absolute Gasteiger partial charge is 0.339 e. The zero-order valence-corrected chi connectivity index (χ0v) is 8.50. The first-order chi connectivity index (χ1) is 5.52. The van der Waals surface area contributed by atoms with E-state index in [0.29, 0.717) is 17.9 Å². The van der Waals surface area contributed by atoms with E-state index >= 15 is 0 Å². The molecule has 1 heterocycles. The molecule has 0 spiro atoms. The lowest BCUT2D eigenvalue weighted by atomic mass is 10.1. The van der Waals surface area contributed by atoms with Crippen molar-refractivity contribution in [3.8, 4) is 0 Å². The van der Waals surface area contributed by atoms with Crippen LogP contribution in [0.1, 0.15) is 34.1 Å². The highest BCUT2D eigenvalue weighted by Gasteiger charge is 2.30. The number of hydrogen-bond donors (Lipinski definition) is 0. The lowest BCUT2D eigenvalue weighted by Gasteiger charge is -2.23. The Morgan fingerprint density at radius 1 is 1.42 bits per heavy atom. The third-order valence-electron chi connectivity index (χ3n) is 2.56. The molecule has 0 radical (unpaired) electrons. The van der Waals surface area contributed by atoms with E-state index in [2.05, 4.69) is 13.8 Å². The molecule has 70 valence electrons. The summed E-state index contributed by atoms with van der Waals surface area (Å²) in [7, 11) is 0. The third-order valence-corrected chi connectivity index (χ3v) is 2.56. The van der Waals surface area contributed by atoms with Crippen molar-refractivity contribution in [1.29, 1.82) is 0 Å². The summed E-state index contributed by atoms with van der Waals surface area (Å²) in [6, 6.07) is 0.454. The van der Waals surface area contributed by atoms with E-state index < -0.39 is 0 Å². The zero-order chi connectivity index (χ0) is 9.30.